The van der Waals surface area contributed by atoms with Crippen molar-refractivity contribution in [2.45, 2.75) is 31.3 Å². The van der Waals surface area contributed by atoms with E-state index in [1.807, 2.05) is 0 Å². The molecular formula is C27H22ClFN8O3. The first kappa shape index (κ1) is 25.6. The summed E-state index contributed by atoms with van der Waals surface area (Å²) in [6, 6.07) is 12.3. The van der Waals surface area contributed by atoms with Crippen LogP contribution in [-0.2, 0) is 10.4 Å². The van der Waals surface area contributed by atoms with Gasteiger partial charge in [-0.15, -0.1) is 5.10 Å². The summed E-state index contributed by atoms with van der Waals surface area (Å²) < 4.78 is 16.2. The monoisotopic (exact) mass is 560 g/mol. The van der Waals surface area contributed by atoms with Gasteiger partial charge >= 0.3 is 0 Å². The average Bonchev–Trinajstić information content (AvgIpc) is 3.65. The number of rotatable bonds is 3. The molecule has 202 valence electrons. The number of aromatic amines is 1. The standard InChI is InChI=1S/C27H22ClFN8O3/c28-17-5-8-23(36-15-31-34-35-36)19(11-17)16-4-9-24(37(40)14-16)27(39)10-2-1-3-25(38)32-21-7-6-18(29)12-20(21)22-13-30-26(27)33-22/h4-9,11-15,39H,1-3,10H2,(H,30,33)(H,32,38). The number of carbonyl (C=O) groups excluding carboxylic acids is 1. The molecule has 0 saturated heterocycles. The number of halogens is 2. The molecule has 1 aliphatic heterocycles. The lowest BCUT2D eigenvalue weighted by atomic mass is 9.90. The fraction of sp³-hybridized carbons (Fsp3) is 0.185. The normalized spacial score (nSPS) is 17.4. The van der Waals surface area contributed by atoms with Crippen molar-refractivity contribution in [1.29, 1.82) is 0 Å². The van der Waals surface area contributed by atoms with Gasteiger partial charge < -0.3 is 20.6 Å². The lowest BCUT2D eigenvalue weighted by Crippen LogP contribution is -2.43. The summed E-state index contributed by atoms with van der Waals surface area (Å²) in [5.74, 6) is -0.611. The first-order valence-electron chi connectivity index (χ1n) is 12.5. The summed E-state index contributed by atoms with van der Waals surface area (Å²) in [5, 5.41) is 40.1. The summed E-state index contributed by atoms with van der Waals surface area (Å²) in [6.45, 7) is 0. The van der Waals surface area contributed by atoms with E-state index in [0.29, 0.717) is 56.4 Å². The maximum atomic E-state index is 14.1. The Balaban J connectivity index is 1.44. The van der Waals surface area contributed by atoms with E-state index in [4.69, 9.17) is 11.6 Å². The van der Waals surface area contributed by atoms with Crippen molar-refractivity contribution < 1.29 is 19.0 Å². The summed E-state index contributed by atoms with van der Waals surface area (Å²) in [7, 11) is 0. The molecule has 2 aromatic carbocycles. The van der Waals surface area contributed by atoms with Crippen LogP contribution in [0.15, 0.2) is 67.3 Å². The van der Waals surface area contributed by atoms with E-state index in [2.05, 4.69) is 30.8 Å². The Bertz CT molecular complexity index is 1730. The van der Waals surface area contributed by atoms with Crippen molar-refractivity contribution in [3.05, 3.63) is 94.8 Å². The third-order valence-corrected chi connectivity index (χ3v) is 7.14. The molecule has 1 unspecified atom stereocenters. The number of amides is 1. The molecule has 0 fully saturated rings. The van der Waals surface area contributed by atoms with Gasteiger partial charge in [-0.1, -0.05) is 11.6 Å². The van der Waals surface area contributed by atoms with Crippen LogP contribution in [0.4, 0.5) is 10.1 Å². The minimum Gasteiger partial charge on any atom is -0.618 e. The van der Waals surface area contributed by atoms with Crippen LogP contribution in [0.25, 0.3) is 28.1 Å². The molecule has 2 bridgehead atoms. The number of nitrogens with zero attached hydrogens (tertiary/aromatic N) is 6. The second-order valence-corrected chi connectivity index (χ2v) is 9.93. The lowest BCUT2D eigenvalue weighted by Gasteiger charge is -2.25. The summed E-state index contributed by atoms with van der Waals surface area (Å²) in [5.41, 5.74) is 1.09. The second-order valence-electron chi connectivity index (χ2n) is 9.50. The molecule has 40 heavy (non-hydrogen) atoms. The van der Waals surface area contributed by atoms with E-state index in [1.165, 1.54) is 47.7 Å². The van der Waals surface area contributed by atoms with Gasteiger partial charge in [-0.25, -0.2) is 9.37 Å². The Morgan fingerprint density at radius 2 is 2.00 bits per heavy atom. The Hall–Kier alpha value is -4.68. The van der Waals surface area contributed by atoms with Crippen LogP contribution in [0.3, 0.4) is 0 Å². The van der Waals surface area contributed by atoms with Gasteiger partial charge in [-0.3, -0.25) is 4.79 Å². The molecule has 1 aliphatic rings. The number of pyridine rings is 1. The molecule has 13 heteroatoms. The topological polar surface area (TPSA) is 149 Å². The molecule has 4 heterocycles. The molecule has 3 aromatic heterocycles. The van der Waals surface area contributed by atoms with Crippen LogP contribution in [0.2, 0.25) is 5.02 Å². The van der Waals surface area contributed by atoms with E-state index in [1.54, 1.807) is 24.3 Å². The largest absolute Gasteiger partial charge is 0.618 e. The number of nitrogens with one attached hydrogen (secondary N) is 2. The number of imidazole rings is 1. The number of benzene rings is 2. The number of tetrazole rings is 1. The van der Waals surface area contributed by atoms with Gasteiger partial charge in [0.25, 0.3) is 0 Å². The maximum Gasteiger partial charge on any atom is 0.232 e. The van der Waals surface area contributed by atoms with Crippen molar-refractivity contribution in [3.63, 3.8) is 0 Å². The molecule has 6 rings (SSSR count). The molecule has 0 saturated carbocycles. The average molecular weight is 561 g/mol. The molecule has 0 radical (unpaired) electrons. The zero-order valence-electron chi connectivity index (χ0n) is 20.9. The Kier molecular flexibility index (Phi) is 6.48. The molecule has 11 nitrogen and oxygen atoms in total. The van der Waals surface area contributed by atoms with Crippen LogP contribution in [0, 0.1) is 11.0 Å². The predicted octanol–water partition coefficient (Wildman–Crippen LogP) is 3.89. The SMILES string of the molecule is O=C1CCCCC(O)(c2ccc(-c3cc(Cl)ccc3-n3cnnn3)c[n+]2[O-])c2ncc([nH]2)-c2cc(F)ccc2N1. The number of hydrogen-bond donors (Lipinski definition) is 3. The van der Waals surface area contributed by atoms with E-state index in [9.17, 15) is 19.5 Å². The Labute approximate surface area is 231 Å². The fourth-order valence-electron chi connectivity index (χ4n) is 4.93. The van der Waals surface area contributed by atoms with Crippen LogP contribution in [-0.4, -0.2) is 41.2 Å². The van der Waals surface area contributed by atoms with Crippen molar-refractivity contribution in [2.24, 2.45) is 0 Å². The maximum absolute atomic E-state index is 14.1. The highest BCUT2D eigenvalue weighted by atomic mass is 35.5. The van der Waals surface area contributed by atoms with Gasteiger partial charge in [-0.05, 0) is 72.2 Å². The number of hydrogen-bond acceptors (Lipinski definition) is 7. The summed E-state index contributed by atoms with van der Waals surface area (Å²) in [4.78, 5) is 20.0. The number of aromatic nitrogens is 7. The first-order chi connectivity index (χ1) is 19.3. The van der Waals surface area contributed by atoms with Crippen LogP contribution in [0.5, 0.6) is 0 Å². The molecular weight excluding hydrogens is 539 g/mol. The first-order valence-corrected chi connectivity index (χ1v) is 12.8. The van der Waals surface area contributed by atoms with Gasteiger partial charge in [0.2, 0.25) is 17.2 Å². The molecule has 0 aliphatic carbocycles. The van der Waals surface area contributed by atoms with Crippen molar-refractivity contribution in [1.82, 2.24) is 30.2 Å². The molecule has 3 N–H and O–H groups in total. The van der Waals surface area contributed by atoms with Gasteiger partial charge in [0.15, 0.2) is 6.20 Å². The second kappa shape index (κ2) is 10.1. The predicted molar refractivity (Wildman–Crippen MR) is 143 cm³/mol. The van der Waals surface area contributed by atoms with Crippen molar-refractivity contribution >= 4 is 23.2 Å². The minimum atomic E-state index is -1.82. The number of H-pyrrole nitrogens is 1. The zero-order chi connectivity index (χ0) is 27.9. The van der Waals surface area contributed by atoms with Gasteiger partial charge in [0.1, 0.15) is 18.0 Å². The van der Waals surface area contributed by atoms with Gasteiger partial charge in [0, 0.05) is 34.2 Å². The van der Waals surface area contributed by atoms with Crippen LogP contribution in [0.1, 0.15) is 37.2 Å². The van der Waals surface area contributed by atoms with E-state index in [0.717, 1.165) is 0 Å². The smallest absolute Gasteiger partial charge is 0.232 e. The highest BCUT2D eigenvalue weighted by Gasteiger charge is 2.41. The summed E-state index contributed by atoms with van der Waals surface area (Å²) >= 11 is 6.26. The summed E-state index contributed by atoms with van der Waals surface area (Å²) in [6.07, 6.45) is 5.39. The van der Waals surface area contributed by atoms with Crippen LogP contribution < -0.4 is 10.0 Å². The minimum absolute atomic E-state index is 0.0316. The molecule has 5 aromatic rings. The van der Waals surface area contributed by atoms with Crippen molar-refractivity contribution in [2.75, 3.05) is 5.32 Å². The van der Waals surface area contributed by atoms with E-state index < -0.39 is 11.4 Å². The quantitative estimate of drug-likeness (QED) is 0.224. The highest BCUT2D eigenvalue weighted by molar-refractivity contribution is 6.31. The third kappa shape index (κ3) is 4.67. The van der Waals surface area contributed by atoms with Gasteiger partial charge in [-0.2, -0.15) is 9.41 Å². The lowest BCUT2D eigenvalue weighted by molar-refractivity contribution is -0.621. The number of anilines is 1. The fourth-order valence-corrected chi connectivity index (χ4v) is 5.11. The van der Waals surface area contributed by atoms with E-state index >= 15 is 0 Å². The molecule has 0 spiro atoms. The zero-order valence-corrected chi connectivity index (χ0v) is 21.6. The number of aliphatic hydroxyl groups is 1. The molecule has 1 amide bonds. The molecule has 1 atom stereocenters. The third-order valence-electron chi connectivity index (χ3n) is 6.91. The Morgan fingerprint density at radius 1 is 1.12 bits per heavy atom. The Morgan fingerprint density at radius 3 is 2.80 bits per heavy atom. The number of fused-ring (bicyclic) bond motifs is 4. The van der Waals surface area contributed by atoms with Gasteiger partial charge in [0.05, 0.1) is 23.3 Å². The van der Waals surface area contributed by atoms with E-state index in [-0.39, 0.29) is 30.3 Å². The van der Waals surface area contributed by atoms with Crippen LogP contribution >= 0.6 is 11.6 Å². The van der Waals surface area contributed by atoms with Crippen molar-refractivity contribution in [3.8, 4) is 28.1 Å². The highest BCUT2D eigenvalue weighted by Crippen LogP contribution is 2.36. The number of carbonyl (C=O) groups is 1.